The fourth-order valence-corrected chi connectivity index (χ4v) is 3.57. The Hall–Kier alpha value is -2.41. The van der Waals surface area contributed by atoms with E-state index in [1.807, 2.05) is 35.2 Å². The molecule has 27 heavy (non-hydrogen) atoms. The average Bonchev–Trinajstić information content (AvgIpc) is 2.70. The third-order valence-electron chi connectivity index (χ3n) is 4.81. The average molecular weight is 432 g/mol. The minimum atomic E-state index is -0.333. The number of likely N-dealkylation sites (tertiary alicyclic amines) is 1. The highest BCUT2D eigenvalue weighted by Gasteiger charge is 2.27. The van der Waals surface area contributed by atoms with Gasteiger partial charge >= 0.3 is 0 Å². The van der Waals surface area contributed by atoms with Crippen molar-refractivity contribution in [3.8, 4) is 0 Å². The lowest BCUT2D eigenvalue weighted by Crippen LogP contribution is -2.41. The van der Waals surface area contributed by atoms with E-state index >= 15 is 0 Å². The molecule has 0 spiro atoms. The van der Waals surface area contributed by atoms with Gasteiger partial charge in [-0.25, -0.2) is 0 Å². The molecule has 2 aromatic rings. The number of carbonyl (C=O) groups is 2. The van der Waals surface area contributed by atoms with Gasteiger partial charge in [-0.05, 0) is 46.8 Å². The van der Waals surface area contributed by atoms with Crippen LogP contribution in [0.2, 0.25) is 0 Å². The van der Waals surface area contributed by atoms with Crippen LogP contribution in [0.15, 0.2) is 51.9 Å². The van der Waals surface area contributed by atoms with Crippen LogP contribution in [0, 0.1) is 5.92 Å². The number of anilines is 1. The number of carbonyl (C=O) groups excluding carboxylic acids is 2. The Bertz CT molecular complexity index is 858. The van der Waals surface area contributed by atoms with Crippen LogP contribution in [-0.2, 0) is 16.0 Å². The van der Waals surface area contributed by atoms with Crippen molar-refractivity contribution in [2.45, 2.75) is 25.7 Å². The number of nitrogens with zero attached hydrogens (tertiary/aromatic N) is 1. The van der Waals surface area contributed by atoms with E-state index in [0.717, 1.165) is 12.0 Å². The summed E-state index contributed by atoms with van der Waals surface area (Å²) >= 11 is 3.27. The maximum absolute atomic E-state index is 12.4. The Morgan fingerprint density at radius 1 is 1.19 bits per heavy atom. The van der Waals surface area contributed by atoms with Gasteiger partial charge in [-0.15, -0.1) is 0 Å². The van der Waals surface area contributed by atoms with Crippen LogP contribution in [0.25, 0.3) is 0 Å². The number of pyridine rings is 1. The molecular formula is C20H22BrN3O3. The zero-order chi connectivity index (χ0) is 19.2. The topological polar surface area (TPSA) is 82.3 Å². The number of aryl methyl sites for hydroxylation is 1. The fourth-order valence-electron chi connectivity index (χ4n) is 3.23. The van der Waals surface area contributed by atoms with Gasteiger partial charge in [0.2, 0.25) is 11.8 Å². The number of hydrogen-bond acceptors (Lipinski definition) is 3. The van der Waals surface area contributed by atoms with Crippen LogP contribution in [0.1, 0.15) is 24.8 Å². The van der Waals surface area contributed by atoms with Crippen LogP contribution < -0.4 is 10.9 Å². The second kappa shape index (κ2) is 8.99. The predicted molar refractivity (Wildman–Crippen MR) is 107 cm³/mol. The van der Waals surface area contributed by atoms with Gasteiger partial charge in [0.05, 0.1) is 0 Å². The molecular weight excluding hydrogens is 410 g/mol. The number of rotatable bonds is 5. The molecule has 0 bridgehead atoms. The summed E-state index contributed by atoms with van der Waals surface area (Å²) in [5.74, 6) is -0.238. The lowest BCUT2D eigenvalue weighted by atomic mass is 9.95. The molecule has 3 rings (SSSR count). The van der Waals surface area contributed by atoms with E-state index in [0.29, 0.717) is 36.8 Å². The van der Waals surface area contributed by atoms with E-state index in [1.54, 1.807) is 6.07 Å². The number of hydrogen-bond donors (Lipinski definition) is 2. The summed E-state index contributed by atoms with van der Waals surface area (Å²) in [6, 6.07) is 11.5. The molecule has 0 aliphatic carbocycles. The van der Waals surface area contributed by atoms with E-state index < -0.39 is 0 Å². The van der Waals surface area contributed by atoms with Crippen LogP contribution in [0.4, 0.5) is 5.69 Å². The van der Waals surface area contributed by atoms with Gasteiger partial charge in [-0.2, -0.15) is 0 Å². The van der Waals surface area contributed by atoms with E-state index in [9.17, 15) is 14.4 Å². The molecule has 6 nitrogen and oxygen atoms in total. The molecule has 2 N–H and O–H groups in total. The Labute approximate surface area is 166 Å². The molecule has 0 unspecified atom stereocenters. The Kier molecular flexibility index (Phi) is 6.45. The van der Waals surface area contributed by atoms with E-state index in [4.69, 9.17) is 0 Å². The lowest BCUT2D eigenvalue weighted by Gasteiger charge is -2.31. The highest BCUT2D eigenvalue weighted by molar-refractivity contribution is 9.10. The van der Waals surface area contributed by atoms with Gasteiger partial charge in [-0.3, -0.25) is 14.4 Å². The molecule has 1 aliphatic rings. The molecule has 1 saturated heterocycles. The summed E-state index contributed by atoms with van der Waals surface area (Å²) in [5, 5.41) is 2.70. The normalized spacial score (nSPS) is 14.8. The molecule has 0 radical (unpaired) electrons. The number of piperidine rings is 1. The molecule has 0 saturated carbocycles. The quantitative estimate of drug-likeness (QED) is 0.763. The van der Waals surface area contributed by atoms with Crippen molar-refractivity contribution < 1.29 is 9.59 Å². The number of amides is 2. The molecule has 1 aromatic heterocycles. The largest absolute Gasteiger partial charge is 0.343 e. The molecule has 142 valence electrons. The van der Waals surface area contributed by atoms with Gasteiger partial charge < -0.3 is 15.2 Å². The number of aromatic amines is 1. The maximum Gasteiger partial charge on any atom is 0.271 e. The summed E-state index contributed by atoms with van der Waals surface area (Å²) in [5.41, 5.74) is 1.05. The summed E-state index contributed by atoms with van der Waals surface area (Å²) in [6.07, 6.45) is 3.95. The van der Waals surface area contributed by atoms with Gasteiger partial charge in [0, 0.05) is 36.1 Å². The maximum atomic E-state index is 12.4. The second-order valence-corrected chi connectivity index (χ2v) is 7.61. The monoisotopic (exact) mass is 431 g/mol. The number of H-pyrrole nitrogens is 1. The third kappa shape index (κ3) is 5.29. The Morgan fingerprint density at radius 2 is 1.89 bits per heavy atom. The molecule has 1 fully saturated rings. The number of halogens is 1. The molecule has 1 aliphatic heterocycles. The number of aromatic nitrogens is 1. The molecule has 0 atom stereocenters. The summed E-state index contributed by atoms with van der Waals surface area (Å²) in [4.78, 5) is 41.0. The summed E-state index contributed by atoms with van der Waals surface area (Å²) in [6.45, 7) is 1.14. The SMILES string of the molecule is O=C(Nc1cc(Br)c[nH]c1=O)C1CCN(C(=O)CCc2ccccc2)CC1. The standard InChI is InChI=1S/C20H22BrN3O3/c21-16-12-17(20(27)22-13-16)23-19(26)15-8-10-24(11-9-15)18(25)7-6-14-4-2-1-3-5-14/h1-5,12-13,15H,6-11H2,(H,22,27)(H,23,26). The molecule has 1 aromatic carbocycles. The minimum absolute atomic E-state index is 0.126. The zero-order valence-electron chi connectivity index (χ0n) is 14.9. The summed E-state index contributed by atoms with van der Waals surface area (Å²) < 4.78 is 0.691. The minimum Gasteiger partial charge on any atom is -0.343 e. The van der Waals surface area contributed by atoms with Crippen molar-refractivity contribution in [1.82, 2.24) is 9.88 Å². The first-order valence-electron chi connectivity index (χ1n) is 9.04. The van der Waals surface area contributed by atoms with E-state index in [1.165, 1.54) is 6.20 Å². The fraction of sp³-hybridized carbons (Fsp3) is 0.350. The highest BCUT2D eigenvalue weighted by atomic mass is 79.9. The van der Waals surface area contributed by atoms with Crippen molar-refractivity contribution in [1.29, 1.82) is 0 Å². The summed E-state index contributed by atoms with van der Waals surface area (Å²) in [7, 11) is 0. The van der Waals surface area contributed by atoms with Crippen LogP contribution >= 0.6 is 15.9 Å². The van der Waals surface area contributed by atoms with Crippen LogP contribution in [0.3, 0.4) is 0 Å². The van der Waals surface area contributed by atoms with Crippen molar-refractivity contribution >= 4 is 33.4 Å². The van der Waals surface area contributed by atoms with Gasteiger partial charge in [-0.1, -0.05) is 30.3 Å². The smallest absolute Gasteiger partial charge is 0.271 e. The van der Waals surface area contributed by atoms with Crippen LogP contribution in [0.5, 0.6) is 0 Å². The zero-order valence-corrected chi connectivity index (χ0v) is 16.5. The second-order valence-electron chi connectivity index (χ2n) is 6.69. The first-order valence-corrected chi connectivity index (χ1v) is 9.83. The highest BCUT2D eigenvalue weighted by Crippen LogP contribution is 2.20. The third-order valence-corrected chi connectivity index (χ3v) is 5.27. The number of benzene rings is 1. The Morgan fingerprint density at radius 3 is 2.59 bits per heavy atom. The Balaban J connectivity index is 1.48. The van der Waals surface area contributed by atoms with Crippen LogP contribution in [-0.4, -0.2) is 34.8 Å². The van der Waals surface area contributed by atoms with E-state index in [2.05, 4.69) is 26.2 Å². The first kappa shape index (κ1) is 19.4. The van der Waals surface area contributed by atoms with Crippen molar-refractivity contribution in [2.24, 2.45) is 5.92 Å². The van der Waals surface area contributed by atoms with Crippen molar-refractivity contribution in [3.63, 3.8) is 0 Å². The molecule has 2 amide bonds. The lowest BCUT2D eigenvalue weighted by molar-refractivity contribution is -0.134. The van der Waals surface area contributed by atoms with E-state index in [-0.39, 0.29) is 29.0 Å². The van der Waals surface area contributed by atoms with Crippen molar-refractivity contribution in [2.75, 3.05) is 18.4 Å². The van der Waals surface area contributed by atoms with Gasteiger partial charge in [0.1, 0.15) is 5.69 Å². The van der Waals surface area contributed by atoms with Crippen molar-refractivity contribution in [3.05, 3.63) is 63.0 Å². The molecule has 2 heterocycles. The predicted octanol–water partition coefficient (Wildman–Crippen LogP) is 2.95. The molecule has 7 heteroatoms. The van der Waals surface area contributed by atoms with Gasteiger partial charge in [0.15, 0.2) is 0 Å². The first-order chi connectivity index (χ1) is 13.0. The van der Waals surface area contributed by atoms with Gasteiger partial charge in [0.25, 0.3) is 5.56 Å². The number of nitrogens with one attached hydrogen (secondary N) is 2.